The van der Waals surface area contributed by atoms with Crippen LogP contribution in [0.2, 0.25) is 0 Å². The Morgan fingerprint density at radius 3 is 2.36 bits per heavy atom. The van der Waals surface area contributed by atoms with Crippen LogP contribution in [-0.4, -0.2) is 30.5 Å². The summed E-state index contributed by atoms with van der Waals surface area (Å²) in [7, 11) is 0. The third kappa shape index (κ3) is 5.99. The second-order valence-corrected chi connectivity index (χ2v) is 6.82. The molecule has 0 spiro atoms. The van der Waals surface area contributed by atoms with Gasteiger partial charge >= 0.3 is 0 Å². The molecule has 1 amide bonds. The number of benzene rings is 1. The van der Waals surface area contributed by atoms with Gasteiger partial charge < -0.3 is 9.64 Å². The van der Waals surface area contributed by atoms with E-state index in [0.717, 1.165) is 42.6 Å². The maximum Gasteiger partial charge on any atom is 0.253 e. The summed E-state index contributed by atoms with van der Waals surface area (Å²) in [6.45, 7) is 10.8. The zero-order valence-corrected chi connectivity index (χ0v) is 15.8. The Hall–Kier alpha value is -1.03. The molecule has 1 aromatic rings. The quantitative estimate of drug-likeness (QED) is 0.603. The number of hydrogen-bond donors (Lipinski definition) is 0. The van der Waals surface area contributed by atoms with E-state index in [-0.39, 0.29) is 5.91 Å². The molecule has 0 aliphatic carbocycles. The topological polar surface area (TPSA) is 29.5 Å². The van der Waals surface area contributed by atoms with E-state index in [0.29, 0.717) is 18.1 Å². The molecular formula is C18H28BrNO2. The Labute approximate surface area is 143 Å². The average Bonchev–Trinajstić information content (AvgIpc) is 2.47. The van der Waals surface area contributed by atoms with Crippen LogP contribution < -0.4 is 4.74 Å². The van der Waals surface area contributed by atoms with E-state index in [1.54, 1.807) is 0 Å². The number of hydrogen-bond acceptors (Lipinski definition) is 2. The molecule has 0 bridgehead atoms. The van der Waals surface area contributed by atoms with Crippen molar-refractivity contribution in [1.29, 1.82) is 0 Å². The molecular weight excluding hydrogens is 342 g/mol. The van der Waals surface area contributed by atoms with Crippen molar-refractivity contribution < 1.29 is 9.53 Å². The van der Waals surface area contributed by atoms with Crippen molar-refractivity contribution in [3.63, 3.8) is 0 Å². The summed E-state index contributed by atoms with van der Waals surface area (Å²) in [5.74, 6) is 1.52. The molecule has 0 aliphatic rings. The van der Waals surface area contributed by atoms with E-state index < -0.39 is 0 Å². The number of carbonyl (C=O) groups excluding carboxylic acids is 1. The molecule has 0 radical (unpaired) electrons. The molecule has 0 N–H and O–H groups in total. The van der Waals surface area contributed by atoms with Gasteiger partial charge in [0.25, 0.3) is 5.91 Å². The van der Waals surface area contributed by atoms with E-state index in [1.165, 1.54) is 0 Å². The Kier molecular flexibility index (Phi) is 8.54. The van der Waals surface area contributed by atoms with Gasteiger partial charge in [0, 0.05) is 18.7 Å². The third-order valence-electron chi connectivity index (χ3n) is 3.41. The average molecular weight is 370 g/mol. The first kappa shape index (κ1) is 19.0. The van der Waals surface area contributed by atoms with E-state index in [9.17, 15) is 4.79 Å². The molecule has 0 saturated heterocycles. The van der Waals surface area contributed by atoms with Crippen LogP contribution in [-0.2, 0) is 0 Å². The lowest BCUT2D eigenvalue weighted by Crippen LogP contribution is -2.32. The summed E-state index contributed by atoms with van der Waals surface area (Å²) in [6, 6.07) is 5.61. The summed E-state index contributed by atoms with van der Waals surface area (Å²) >= 11 is 3.51. The Bertz CT molecular complexity index is 468. The lowest BCUT2D eigenvalue weighted by atomic mass is 10.1. The first-order valence-electron chi connectivity index (χ1n) is 8.21. The lowest BCUT2D eigenvalue weighted by Gasteiger charge is -2.22. The summed E-state index contributed by atoms with van der Waals surface area (Å²) in [5.41, 5.74) is 0.713. The first-order valence-corrected chi connectivity index (χ1v) is 9.00. The number of nitrogens with zero attached hydrogens (tertiary/aromatic N) is 1. The van der Waals surface area contributed by atoms with Gasteiger partial charge in [0.2, 0.25) is 0 Å². The second-order valence-electron chi connectivity index (χ2n) is 5.97. The van der Waals surface area contributed by atoms with Crippen molar-refractivity contribution in [2.75, 3.05) is 19.7 Å². The van der Waals surface area contributed by atoms with Crippen LogP contribution in [0, 0.1) is 5.92 Å². The highest BCUT2D eigenvalue weighted by Gasteiger charge is 2.15. The predicted octanol–water partition coefficient (Wildman–Crippen LogP) is 5.14. The standard InChI is InChI=1S/C18H28BrNO2/c1-5-10-20(11-6-2)18(21)15-7-8-17(16(19)13-15)22-12-9-14(3)4/h7-8,13-14H,5-6,9-12H2,1-4H3. The van der Waals surface area contributed by atoms with Gasteiger partial charge in [0.05, 0.1) is 11.1 Å². The van der Waals surface area contributed by atoms with Crippen LogP contribution in [0.15, 0.2) is 22.7 Å². The van der Waals surface area contributed by atoms with Gasteiger partial charge in [-0.3, -0.25) is 4.79 Å². The molecule has 22 heavy (non-hydrogen) atoms. The van der Waals surface area contributed by atoms with Crippen molar-refractivity contribution >= 4 is 21.8 Å². The molecule has 0 heterocycles. The third-order valence-corrected chi connectivity index (χ3v) is 4.03. The second kappa shape index (κ2) is 9.88. The molecule has 0 aromatic heterocycles. The molecule has 0 saturated carbocycles. The number of amides is 1. The van der Waals surface area contributed by atoms with Crippen molar-refractivity contribution in [3.05, 3.63) is 28.2 Å². The Morgan fingerprint density at radius 1 is 1.23 bits per heavy atom. The fourth-order valence-electron chi connectivity index (χ4n) is 2.19. The number of halogens is 1. The summed E-state index contributed by atoms with van der Waals surface area (Å²) in [4.78, 5) is 14.5. The maximum absolute atomic E-state index is 12.6. The van der Waals surface area contributed by atoms with Crippen molar-refractivity contribution in [2.24, 2.45) is 5.92 Å². The number of ether oxygens (including phenoxy) is 1. The molecule has 0 unspecified atom stereocenters. The highest BCUT2D eigenvalue weighted by atomic mass is 79.9. The van der Waals surface area contributed by atoms with Gasteiger partial charge in [0.1, 0.15) is 5.75 Å². The summed E-state index contributed by atoms with van der Waals surface area (Å²) in [5, 5.41) is 0. The van der Waals surface area contributed by atoms with E-state index in [4.69, 9.17) is 4.74 Å². The summed E-state index contributed by atoms with van der Waals surface area (Å²) < 4.78 is 6.61. The van der Waals surface area contributed by atoms with Gasteiger partial charge in [-0.05, 0) is 59.3 Å². The molecule has 3 nitrogen and oxygen atoms in total. The summed E-state index contributed by atoms with van der Waals surface area (Å²) in [6.07, 6.45) is 2.97. The molecule has 124 valence electrons. The fraction of sp³-hybridized carbons (Fsp3) is 0.611. The maximum atomic E-state index is 12.6. The minimum absolute atomic E-state index is 0.0955. The van der Waals surface area contributed by atoms with Crippen molar-refractivity contribution in [1.82, 2.24) is 4.90 Å². The van der Waals surface area contributed by atoms with Crippen LogP contribution >= 0.6 is 15.9 Å². The van der Waals surface area contributed by atoms with Gasteiger partial charge in [-0.25, -0.2) is 0 Å². The minimum atomic E-state index is 0.0955. The number of carbonyl (C=O) groups is 1. The Balaban J connectivity index is 2.76. The van der Waals surface area contributed by atoms with Crippen LogP contribution in [0.3, 0.4) is 0 Å². The molecule has 4 heteroatoms. The van der Waals surface area contributed by atoms with E-state index >= 15 is 0 Å². The molecule has 0 fully saturated rings. The monoisotopic (exact) mass is 369 g/mol. The van der Waals surface area contributed by atoms with Crippen molar-refractivity contribution in [3.8, 4) is 5.75 Å². The molecule has 0 aliphatic heterocycles. The highest BCUT2D eigenvalue weighted by Crippen LogP contribution is 2.27. The van der Waals surface area contributed by atoms with Crippen molar-refractivity contribution in [2.45, 2.75) is 47.0 Å². The Morgan fingerprint density at radius 2 is 1.86 bits per heavy atom. The zero-order chi connectivity index (χ0) is 16.5. The largest absolute Gasteiger partial charge is 0.492 e. The smallest absolute Gasteiger partial charge is 0.253 e. The molecule has 1 aromatic carbocycles. The van der Waals surface area contributed by atoms with Gasteiger partial charge in [-0.1, -0.05) is 27.7 Å². The van der Waals surface area contributed by atoms with Crippen LogP contribution in [0.1, 0.15) is 57.3 Å². The van der Waals surface area contributed by atoms with Gasteiger partial charge in [0.15, 0.2) is 0 Å². The highest BCUT2D eigenvalue weighted by molar-refractivity contribution is 9.10. The minimum Gasteiger partial charge on any atom is -0.492 e. The first-order chi connectivity index (χ1) is 10.5. The van der Waals surface area contributed by atoms with E-state index in [2.05, 4.69) is 43.6 Å². The molecule has 0 atom stereocenters. The molecule has 1 rings (SSSR count). The zero-order valence-electron chi connectivity index (χ0n) is 14.2. The van der Waals surface area contributed by atoms with Gasteiger partial charge in [-0.15, -0.1) is 0 Å². The SMILES string of the molecule is CCCN(CCC)C(=O)c1ccc(OCCC(C)C)c(Br)c1. The van der Waals surface area contributed by atoms with Crippen LogP contribution in [0.4, 0.5) is 0 Å². The van der Waals surface area contributed by atoms with Crippen LogP contribution in [0.5, 0.6) is 5.75 Å². The predicted molar refractivity (Wildman–Crippen MR) is 95.6 cm³/mol. The van der Waals surface area contributed by atoms with Gasteiger partial charge in [-0.2, -0.15) is 0 Å². The fourth-order valence-corrected chi connectivity index (χ4v) is 2.69. The normalized spacial score (nSPS) is 10.8. The number of rotatable bonds is 9. The van der Waals surface area contributed by atoms with E-state index in [1.807, 2.05) is 23.1 Å². The lowest BCUT2D eigenvalue weighted by molar-refractivity contribution is 0.0755. The van der Waals surface area contributed by atoms with Crippen LogP contribution in [0.25, 0.3) is 0 Å².